The molecule has 0 spiro atoms. The van der Waals surface area contributed by atoms with Crippen LogP contribution in [-0.2, 0) is 0 Å². The molecule has 0 aromatic heterocycles. The lowest BCUT2D eigenvalue weighted by atomic mass is 9.99. The van der Waals surface area contributed by atoms with Crippen molar-refractivity contribution in [2.75, 3.05) is 19.6 Å². The maximum absolute atomic E-state index is 12.3. The zero-order valence-electron chi connectivity index (χ0n) is 10.6. The molecule has 1 unspecified atom stereocenters. The fraction of sp³-hybridized carbons (Fsp3) is 0.923. The number of hydrogen-bond acceptors (Lipinski definition) is 1. The molecule has 0 aromatic rings. The van der Waals surface area contributed by atoms with Crippen LogP contribution < -0.4 is 0 Å². The third-order valence-electron chi connectivity index (χ3n) is 4.10. The van der Waals surface area contributed by atoms with Crippen LogP contribution in [0.3, 0.4) is 0 Å². The van der Waals surface area contributed by atoms with Crippen molar-refractivity contribution in [3.8, 4) is 0 Å². The van der Waals surface area contributed by atoms with Crippen molar-refractivity contribution in [1.82, 2.24) is 9.80 Å². The van der Waals surface area contributed by atoms with Crippen LogP contribution in [-0.4, -0.2) is 41.5 Å². The Hall–Kier alpha value is -0.730. The smallest absolute Gasteiger partial charge is 0.320 e. The molecule has 0 bridgehead atoms. The maximum Gasteiger partial charge on any atom is 0.320 e. The Labute approximate surface area is 98.8 Å². The molecule has 0 N–H and O–H groups in total. The van der Waals surface area contributed by atoms with E-state index in [1.807, 2.05) is 0 Å². The van der Waals surface area contributed by atoms with Gasteiger partial charge in [0.05, 0.1) is 0 Å². The van der Waals surface area contributed by atoms with Crippen molar-refractivity contribution in [3.63, 3.8) is 0 Å². The molecule has 2 saturated heterocycles. The van der Waals surface area contributed by atoms with E-state index in [2.05, 4.69) is 23.6 Å². The second kappa shape index (κ2) is 5.07. The SMILES string of the molecule is CC1CCN(C(=O)N2CCCCC2C)CC1. The second-order valence-electron chi connectivity index (χ2n) is 5.49. The number of likely N-dealkylation sites (tertiary alicyclic amines) is 2. The first-order valence-electron chi connectivity index (χ1n) is 6.74. The van der Waals surface area contributed by atoms with Gasteiger partial charge in [0, 0.05) is 25.7 Å². The quantitative estimate of drug-likeness (QED) is 0.620. The molecule has 92 valence electrons. The molecule has 16 heavy (non-hydrogen) atoms. The van der Waals surface area contributed by atoms with Crippen LogP contribution in [0.1, 0.15) is 46.0 Å². The Kier molecular flexibility index (Phi) is 3.72. The van der Waals surface area contributed by atoms with Crippen LogP contribution in [0.5, 0.6) is 0 Å². The number of rotatable bonds is 0. The Bertz CT molecular complexity index is 246. The van der Waals surface area contributed by atoms with Crippen LogP contribution in [0.15, 0.2) is 0 Å². The average Bonchev–Trinajstić information content (AvgIpc) is 2.30. The molecular formula is C13H24N2O. The lowest BCUT2D eigenvalue weighted by Crippen LogP contribution is -2.51. The molecule has 0 aromatic carbocycles. The fourth-order valence-corrected chi connectivity index (χ4v) is 2.76. The van der Waals surface area contributed by atoms with Gasteiger partial charge in [-0.15, -0.1) is 0 Å². The summed E-state index contributed by atoms with van der Waals surface area (Å²) in [5.74, 6) is 0.794. The largest absolute Gasteiger partial charge is 0.325 e. The van der Waals surface area contributed by atoms with E-state index in [-0.39, 0.29) is 0 Å². The molecule has 3 heteroatoms. The van der Waals surface area contributed by atoms with Crippen molar-refractivity contribution in [2.24, 2.45) is 5.92 Å². The van der Waals surface area contributed by atoms with E-state index < -0.39 is 0 Å². The van der Waals surface area contributed by atoms with Crippen LogP contribution in [0.25, 0.3) is 0 Å². The average molecular weight is 224 g/mol. The van der Waals surface area contributed by atoms with E-state index in [0.717, 1.165) is 25.6 Å². The van der Waals surface area contributed by atoms with Gasteiger partial charge >= 0.3 is 6.03 Å². The minimum absolute atomic E-state index is 0.291. The third kappa shape index (κ3) is 2.50. The molecule has 2 rings (SSSR count). The van der Waals surface area contributed by atoms with Crippen molar-refractivity contribution in [2.45, 2.75) is 52.0 Å². The lowest BCUT2D eigenvalue weighted by molar-refractivity contribution is 0.107. The molecule has 0 radical (unpaired) electrons. The number of piperidine rings is 2. The maximum atomic E-state index is 12.3. The molecule has 2 aliphatic rings. The third-order valence-corrected chi connectivity index (χ3v) is 4.10. The highest BCUT2D eigenvalue weighted by molar-refractivity contribution is 5.75. The number of hydrogen-bond donors (Lipinski definition) is 0. The molecule has 0 aliphatic carbocycles. The zero-order chi connectivity index (χ0) is 11.5. The highest BCUT2D eigenvalue weighted by Gasteiger charge is 2.28. The minimum atomic E-state index is 0.291. The van der Waals surface area contributed by atoms with Gasteiger partial charge in [0.25, 0.3) is 0 Å². The van der Waals surface area contributed by atoms with Crippen LogP contribution in [0, 0.1) is 5.92 Å². The summed E-state index contributed by atoms with van der Waals surface area (Å²) in [5, 5.41) is 0. The molecule has 0 saturated carbocycles. The van der Waals surface area contributed by atoms with E-state index in [0.29, 0.717) is 12.1 Å². The van der Waals surface area contributed by atoms with E-state index in [1.54, 1.807) is 0 Å². The van der Waals surface area contributed by atoms with Gasteiger partial charge in [0.1, 0.15) is 0 Å². The van der Waals surface area contributed by atoms with E-state index in [9.17, 15) is 4.79 Å². The van der Waals surface area contributed by atoms with Gasteiger partial charge < -0.3 is 9.80 Å². The minimum Gasteiger partial charge on any atom is -0.325 e. The monoisotopic (exact) mass is 224 g/mol. The Morgan fingerprint density at radius 1 is 1.00 bits per heavy atom. The molecule has 2 fully saturated rings. The summed E-state index contributed by atoms with van der Waals surface area (Å²) in [5.41, 5.74) is 0. The number of carbonyl (C=O) groups is 1. The summed E-state index contributed by atoms with van der Waals surface area (Å²) < 4.78 is 0. The number of nitrogens with zero attached hydrogens (tertiary/aromatic N) is 2. The summed E-state index contributed by atoms with van der Waals surface area (Å²) >= 11 is 0. The van der Waals surface area contributed by atoms with Crippen molar-refractivity contribution < 1.29 is 4.79 Å². The first kappa shape index (κ1) is 11.7. The highest BCUT2D eigenvalue weighted by Crippen LogP contribution is 2.21. The van der Waals surface area contributed by atoms with E-state index >= 15 is 0 Å². The van der Waals surface area contributed by atoms with Crippen molar-refractivity contribution in [1.29, 1.82) is 0 Å². The summed E-state index contributed by atoms with van der Waals surface area (Å²) in [6.07, 6.45) is 5.99. The molecule has 2 heterocycles. The fourth-order valence-electron chi connectivity index (χ4n) is 2.76. The summed E-state index contributed by atoms with van der Waals surface area (Å²) in [6, 6.07) is 0.736. The summed E-state index contributed by atoms with van der Waals surface area (Å²) in [6.45, 7) is 7.35. The Balaban J connectivity index is 1.90. The first-order valence-corrected chi connectivity index (χ1v) is 6.74. The number of urea groups is 1. The predicted molar refractivity (Wildman–Crippen MR) is 65.4 cm³/mol. The van der Waals surface area contributed by atoms with Gasteiger partial charge in [-0.3, -0.25) is 0 Å². The van der Waals surface area contributed by atoms with Gasteiger partial charge in [-0.2, -0.15) is 0 Å². The number of amides is 2. The standard InChI is InChI=1S/C13H24N2O/c1-11-6-9-14(10-7-11)13(16)15-8-4-3-5-12(15)2/h11-12H,3-10H2,1-2H3. The van der Waals surface area contributed by atoms with Gasteiger partial charge in [-0.05, 0) is 44.9 Å². The predicted octanol–water partition coefficient (Wildman–Crippen LogP) is 2.71. The van der Waals surface area contributed by atoms with Gasteiger partial charge in [0.15, 0.2) is 0 Å². The highest BCUT2D eigenvalue weighted by atomic mass is 16.2. The summed E-state index contributed by atoms with van der Waals surface area (Å²) in [7, 11) is 0. The number of carbonyl (C=O) groups excluding carboxylic acids is 1. The Morgan fingerprint density at radius 3 is 2.31 bits per heavy atom. The van der Waals surface area contributed by atoms with Crippen LogP contribution in [0.4, 0.5) is 4.79 Å². The van der Waals surface area contributed by atoms with Crippen LogP contribution >= 0.6 is 0 Å². The van der Waals surface area contributed by atoms with E-state index in [1.165, 1.54) is 32.1 Å². The molecular weight excluding hydrogens is 200 g/mol. The Morgan fingerprint density at radius 2 is 1.69 bits per heavy atom. The molecule has 2 amide bonds. The molecule has 1 atom stereocenters. The lowest BCUT2D eigenvalue weighted by Gasteiger charge is -2.39. The van der Waals surface area contributed by atoms with Crippen molar-refractivity contribution in [3.05, 3.63) is 0 Å². The summed E-state index contributed by atoms with van der Waals surface area (Å²) in [4.78, 5) is 16.5. The van der Waals surface area contributed by atoms with E-state index in [4.69, 9.17) is 0 Å². The van der Waals surface area contributed by atoms with Crippen molar-refractivity contribution >= 4 is 6.03 Å². The van der Waals surface area contributed by atoms with Gasteiger partial charge in [-0.1, -0.05) is 6.92 Å². The van der Waals surface area contributed by atoms with Crippen LogP contribution in [0.2, 0.25) is 0 Å². The second-order valence-corrected chi connectivity index (χ2v) is 5.49. The zero-order valence-corrected chi connectivity index (χ0v) is 10.6. The van der Waals surface area contributed by atoms with Gasteiger partial charge in [-0.25, -0.2) is 4.79 Å². The topological polar surface area (TPSA) is 23.6 Å². The normalized spacial score (nSPS) is 28.2. The molecule has 2 aliphatic heterocycles. The van der Waals surface area contributed by atoms with Gasteiger partial charge in [0.2, 0.25) is 0 Å². The first-order chi connectivity index (χ1) is 7.68. The molecule has 3 nitrogen and oxygen atoms in total.